The summed E-state index contributed by atoms with van der Waals surface area (Å²) in [5.41, 5.74) is 4.96. The Kier molecular flexibility index (Phi) is 7.97. The van der Waals surface area contributed by atoms with Gasteiger partial charge in [-0.2, -0.15) is 5.10 Å². The molecular formula is C24H19BrClN3O4. The van der Waals surface area contributed by atoms with Gasteiger partial charge in [0.15, 0.2) is 0 Å². The number of amides is 2. The summed E-state index contributed by atoms with van der Waals surface area (Å²) in [7, 11) is 0. The zero-order chi connectivity index (χ0) is 24.0. The lowest BCUT2D eigenvalue weighted by molar-refractivity contribution is -0.136. The monoisotopic (exact) mass is 527 g/mol. The van der Waals surface area contributed by atoms with Crippen LogP contribution < -0.4 is 15.5 Å². The van der Waals surface area contributed by atoms with E-state index in [-0.39, 0.29) is 5.56 Å². The Bertz CT molecular complexity index is 1240. The van der Waals surface area contributed by atoms with Crippen molar-refractivity contribution in [3.05, 3.63) is 92.9 Å². The molecule has 3 rings (SSSR count). The fourth-order valence-electron chi connectivity index (χ4n) is 2.75. The maximum Gasteiger partial charge on any atom is 0.345 e. The maximum absolute atomic E-state index is 12.2. The van der Waals surface area contributed by atoms with Gasteiger partial charge >= 0.3 is 17.8 Å². The van der Waals surface area contributed by atoms with E-state index in [1.807, 2.05) is 13.0 Å². The third kappa shape index (κ3) is 6.50. The van der Waals surface area contributed by atoms with Crippen LogP contribution in [-0.4, -0.2) is 23.5 Å². The molecule has 0 heterocycles. The fraction of sp³-hybridized carbons (Fsp3) is 0.0833. The zero-order valence-electron chi connectivity index (χ0n) is 17.7. The second-order valence-corrected chi connectivity index (χ2v) is 8.27. The van der Waals surface area contributed by atoms with E-state index in [2.05, 4.69) is 31.8 Å². The molecule has 0 aliphatic carbocycles. The molecule has 0 spiro atoms. The smallest absolute Gasteiger partial charge is 0.345 e. The lowest BCUT2D eigenvalue weighted by Crippen LogP contribution is -2.33. The van der Waals surface area contributed by atoms with Crippen molar-refractivity contribution in [3.8, 4) is 5.75 Å². The highest BCUT2D eigenvalue weighted by atomic mass is 79.9. The molecule has 2 N–H and O–H groups in total. The van der Waals surface area contributed by atoms with Crippen molar-refractivity contribution in [2.24, 2.45) is 5.10 Å². The zero-order valence-corrected chi connectivity index (χ0v) is 20.0. The average molecular weight is 529 g/mol. The topological polar surface area (TPSA) is 96.9 Å². The number of hydrazone groups is 1. The number of hydrogen-bond acceptors (Lipinski definition) is 5. The van der Waals surface area contributed by atoms with Crippen LogP contribution in [0.4, 0.5) is 5.69 Å². The van der Waals surface area contributed by atoms with E-state index in [1.54, 1.807) is 67.6 Å². The second kappa shape index (κ2) is 10.9. The molecule has 9 heteroatoms. The van der Waals surface area contributed by atoms with Crippen LogP contribution in [0.25, 0.3) is 0 Å². The first-order valence-electron chi connectivity index (χ1n) is 9.73. The Hall–Kier alpha value is -3.49. The number of nitrogens with zero attached hydrogens (tertiary/aromatic N) is 1. The molecule has 0 atom stereocenters. The van der Waals surface area contributed by atoms with Gasteiger partial charge in [0.1, 0.15) is 5.75 Å². The second-order valence-electron chi connectivity index (χ2n) is 6.95. The molecule has 0 aromatic heterocycles. The van der Waals surface area contributed by atoms with E-state index >= 15 is 0 Å². The van der Waals surface area contributed by atoms with E-state index in [0.29, 0.717) is 27.7 Å². The molecule has 0 fully saturated rings. The number of halogens is 2. The number of esters is 1. The first kappa shape index (κ1) is 24.2. The molecular weight excluding hydrogens is 510 g/mol. The normalized spacial score (nSPS) is 11.0. The van der Waals surface area contributed by atoms with Crippen LogP contribution >= 0.6 is 27.5 Å². The molecule has 0 saturated carbocycles. The number of hydrogen-bond donors (Lipinski definition) is 2. The van der Waals surface area contributed by atoms with E-state index in [9.17, 15) is 14.4 Å². The highest BCUT2D eigenvalue weighted by Gasteiger charge is 2.15. The van der Waals surface area contributed by atoms with Crippen molar-refractivity contribution < 1.29 is 19.1 Å². The highest BCUT2D eigenvalue weighted by Crippen LogP contribution is 2.20. The predicted molar refractivity (Wildman–Crippen MR) is 131 cm³/mol. The van der Waals surface area contributed by atoms with Crippen LogP contribution in [0.15, 0.2) is 76.3 Å². The van der Waals surface area contributed by atoms with Gasteiger partial charge in [-0.05, 0) is 79.6 Å². The van der Waals surface area contributed by atoms with Crippen molar-refractivity contribution in [1.82, 2.24) is 5.43 Å². The van der Waals surface area contributed by atoms with Gasteiger partial charge in [-0.3, -0.25) is 9.59 Å². The van der Waals surface area contributed by atoms with Crippen LogP contribution in [0.1, 0.15) is 28.4 Å². The summed E-state index contributed by atoms with van der Waals surface area (Å²) in [6, 6.07) is 18.4. The SMILES string of the molecule is C/C(=N\NC(=O)C(=O)Nc1ccc(Br)cc1C)c1ccc(OC(=O)c2ccccc2Cl)cc1. The molecule has 0 saturated heterocycles. The number of anilines is 1. The summed E-state index contributed by atoms with van der Waals surface area (Å²) < 4.78 is 6.20. The van der Waals surface area contributed by atoms with Crippen molar-refractivity contribution in [2.45, 2.75) is 13.8 Å². The summed E-state index contributed by atoms with van der Waals surface area (Å²) >= 11 is 9.36. The highest BCUT2D eigenvalue weighted by molar-refractivity contribution is 9.10. The molecule has 0 unspecified atom stereocenters. The fourth-order valence-corrected chi connectivity index (χ4v) is 3.44. The Balaban J connectivity index is 1.59. The minimum Gasteiger partial charge on any atom is -0.423 e. The molecule has 33 heavy (non-hydrogen) atoms. The number of aryl methyl sites for hydroxylation is 1. The van der Waals surface area contributed by atoms with E-state index in [1.165, 1.54) is 0 Å². The number of rotatable bonds is 5. The number of benzene rings is 3. The number of nitrogens with one attached hydrogen (secondary N) is 2. The Morgan fingerprint density at radius 1 is 0.970 bits per heavy atom. The van der Waals surface area contributed by atoms with Gasteiger partial charge in [0, 0.05) is 10.2 Å². The molecule has 0 aliphatic rings. The molecule has 7 nitrogen and oxygen atoms in total. The van der Waals surface area contributed by atoms with Gasteiger partial charge < -0.3 is 10.1 Å². The Morgan fingerprint density at radius 2 is 1.67 bits per heavy atom. The molecule has 2 amide bonds. The van der Waals surface area contributed by atoms with Gasteiger partial charge in [0.05, 0.1) is 16.3 Å². The lowest BCUT2D eigenvalue weighted by atomic mass is 10.1. The van der Waals surface area contributed by atoms with Crippen LogP contribution in [0.3, 0.4) is 0 Å². The van der Waals surface area contributed by atoms with Gasteiger partial charge in [0.25, 0.3) is 0 Å². The van der Waals surface area contributed by atoms with Crippen molar-refractivity contribution in [3.63, 3.8) is 0 Å². The minimum atomic E-state index is -0.901. The molecule has 0 bridgehead atoms. The van der Waals surface area contributed by atoms with Gasteiger partial charge in [0.2, 0.25) is 0 Å². The van der Waals surface area contributed by atoms with Gasteiger partial charge in [-0.1, -0.05) is 39.7 Å². The summed E-state index contributed by atoms with van der Waals surface area (Å²) in [5.74, 6) is -1.98. The van der Waals surface area contributed by atoms with Crippen molar-refractivity contribution >= 4 is 56.7 Å². The summed E-state index contributed by atoms with van der Waals surface area (Å²) in [4.78, 5) is 36.5. The van der Waals surface area contributed by atoms with Crippen LogP contribution in [0.5, 0.6) is 5.75 Å². The van der Waals surface area contributed by atoms with Crippen molar-refractivity contribution in [1.29, 1.82) is 0 Å². The average Bonchev–Trinajstić information content (AvgIpc) is 2.79. The van der Waals surface area contributed by atoms with Crippen molar-refractivity contribution in [2.75, 3.05) is 5.32 Å². The summed E-state index contributed by atoms with van der Waals surface area (Å²) in [5, 5.41) is 6.81. The van der Waals surface area contributed by atoms with E-state index < -0.39 is 17.8 Å². The maximum atomic E-state index is 12.2. The minimum absolute atomic E-state index is 0.264. The third-order valence-corrected chi connectivity index (χ3v) is 5.37. The van der Waals surface area contributed by atoms with Gasteiger partial charge in [-0.25, -0.2) is 10.2 Å². The number of ether oxygens (including phenoxy) is 1. The summed E-state index contributed by atoms with van der Waals surface area (Å²) in [6.45, 7) is 3.48. The predicted octanol–water partition coefficient (Wildman–Crippen LogP) is 5.11. The molecule has 0 radical (unpaired) electrons. The Morgan fingerprint density at radius 3 is 2.33 bits per heavy atom. The quantitative estimate of drug-likeness (QED) is 0.158. The molecule has 168 valence electrons. The van der Waals surface area contributed by atoms with E-state index in [4.69, 9.17) is 16.3 Å². The van der Waals surface area contributed by atoms with Crippen LogP contribution in [-0.2, 0) is 9.59 Å². The molecule has 3 aromatic carbocycles. The van der Waals surface area contributed by atoms with Crippen LogP contribution in [0.2, 0.25) is 5.02 Å². The van der Waals surface area contributed by atoms with E-state index in [0.717, 1.165) is 10.0 Å². The van der Waals surface area contributed by atoms with Gasteiger partial charge in [-0.15, -0.1) is 0 Å². The summed E-state index contributed by atoms with van der Waals surface area (Å²) in [6.07, 6.45) is 0. The standard InChI is InChI=1S/C24H19BrClN3O4/c1-14-13-17(25)9-12-21(14)27-22(30)23(31)29-28-15(2)16-7-10-18(11-8-16)33-24(32)19-5-3-4-6-20(19)26/h3-13H,1-2H3,(H,27,30)(H,29,31)/b28-15+. The third-order valence-electron chi connectivity index (χ3n) is 4.54. The molecule has 3 aromatic rings. The lowest BCUT2D eigenvalue weighted by Gasteiger charge is -2.08. The van der Waals surface area contributed by atoms with Crippen LogP contribution in [0, 0.1) is 6.92 Å². The number of carbonyl (C=O) groups excluding carboxylic acids is 3. The largest absolute Gasteiger partial charge is 0.423 e. The number of carbonyl (C=O) groups is 3. The molecule has 0 aliphatic heterocycles. The first-order valence-corrected chi connectivity index (χ1v) is 10.9. The Labute approximate surface area is 203 Å². The first-order chi connectivity index (χ1) is 15.7.